The lowest BCUT2D eigenvalue weighted by Crippen LogP contribution is -2.60. The third-order valence-corrected chi connectivity index (χ3v) is 14.8. The van der Waals surface area contributed by atoms with Gasteiger partial charge < -0.3 is 89.1 Å². The number of hydrogen-bond acceptors (Lipinski definition) is 17. The first kappa shape index (κ1) is 70.7. The minimum Gasteiger partial charge on any atom is -0.508 e. The summed E-state index contributed by atoms with van der Waals surface area (Å²) in [5, 5.41) is 40.5. The van der Waals surface area contributed by atoms with Crippen LogP contribution in [-0.2, 0) is 70.5 Å². The van der Waals surface area contributed by atoms with Crippen molar-refractivity contribution in [1.29, 1.82) is 0 Å². The Bertz CT molecular complexity index is 2710. The second kappa shape index (κ2) is 36.3. The van der Waals surface area contributed by atoms with E-state index in [9.17, 15) is 67.7 Å². The molecule has 480 valence electrons. The Labute approximate surface area is 504 Å². The highest BCUT2D eigenvalue weighted by Crippen LogP contribution is 2.34. The zero-order valence-corrected chi connectivity index (χ0v) is 49.8. The number of aromatic hydroxyl groups is 1. The van der Waals surface area contributed by atoms with Crippen LogP contribution in [0.4, 0.5) is 0 Å². The number of phenolic OH excluding ortho intramolecular Hbond substituents is 1. The number of amides is 12. The number of methoxy groups -OCH3 is 3. The maximum atomic E-state index is 14.9. The lowest BCUT2D eigenvalue weighted by molar-refractivity contribution is -0.143. The molecule has 16 N–H and O–H groups in total. The largest absolute Gasteiger partial charge is 0.508 e. The number of rotatable bonds is 27. The van der Waals surface area contributed by atoms with Crippen molar-refractivity contribution in [1.82, 2.24) is 47.4 Å². The van der Waals surface area contributed by atoms with Gasteiger partial charge in [-0.25, -0.2) is 0 Å². The number of carbonyl (C=O) groups excluding carboxylic acids is 12. The minimum absolute atomic E-state index is 0.0282. The van der Waals surface area contributed by atoms with Crippen molar-refractivity contribution in [2.24, 2.45) is 17.2 Å². The van der Waals surface area contributed by atoms with Crippen LogP contribution in [0.1, 0.15) is 134 Å². The van der Waals surface area contributed by atoms with Gasteiger partial charge in [0.1, 0.15) is 65.3 Å². The highest BCUT2D eigenvalue weighted by Gasteiger charge is 2.41. The molecule has 12 amide bonds. The van der Waals surface area contributed by atoms with Crippen molar-refractivity contribution in [2.75, 3.05) is 34.5 Å². The van der Waals surface area contributed by atoms with Gasteiger partial charge in [-0.15, -0.1) is 0 Å². The van der Waals surface area contributed by atoms with Crippen LogP contribution in [0.3, 0.4) is 0 Å². The monoisotopic (exact) mass is 1220 g/mol. The topological polar surface area (TPSA) is 451 Å². The van der Waals surface area contributed by atoms with E-state index in [2.05, 4.69) is 49.5 Å². The van der Waals surface area contributed by atoms with E-state index in [0.29, 0.717) is 41.2 Å². The third kappa shape index (κ3) is 23.6. The fourth-order valence-electron chi connectivity index (χ4n) is 10.1. The summed E-state index contributed by atoms with van der Waals surface area (Å²) in [6.45, 7) is 0.810. The molecule has 0 spiro atoms. The van der Waals surface area contributed by atoms with Crippen LogP contribution < -0.4 is 73.9 Å². The number of phenols is 1. The quantitative estimate of drug-likeness (QED) is 0.0447. The molecule has 0 radical (unpaired) electrons. The first-order valence-electron chi connectivity index (χ1n) is 29.2. The van der Waals surface area contributed by atoms with Gasteiger partial charge in [0.2, 0.25) is 70.9 Å². The molecule has 29 heteroatoms. The molecule has 8 atom stereocenters. The van der Waals surface area contributed by atoms with Crippen LogP contribution in [-0.4, -0.2) is 169 Å². The van der Waals surface area contributed by atoms with E-state index in [4.69, 9.17) is 31.4 Å². The molecule has 0 unspecified atom stereocenters. The third-order valence-electron chi connectivity index (χ3n) is 14.8. The van der Waals surface area contributed by atoms with Crippen molar-refractivity contribution in [2.45, 2.75) is 184 Å². The standard InChI is InChI=1S/C58H86N12O17/c1-5-6-7-8-9-10-11-12-13-15-34-25-51(77)64-40(28-47(59)73)53(79)66-39(24-33-17-19-35(72)20-18-33)52(78)67-41(29-48(60)74)54(80)65-38(21-22-50(76)62-31-37-45(86-3)26-36(85-2)27-46(37)87-4)58(84)70-23-14-16-44(70)57(83)68-42(30-49(61)75)55(81)69-43(32-71)56(82)63-34/h17-20,26-27,34,38-44,71-72H,5-16,21-25,28-32H2,1-4H3,(H2,59,73)(H2,60,74)(H2,61,75)(H,62,76)(H,63,82)(H,64,77)(H,65,80)(H,66,79)(H,67,78)(H,68,83)(H,69,81)/t34-,38+,39-,40+,41-,42-,43+,44+/m1/s1. The number of nitrogens with two attached hydrogens (primary N) is 3. The molecule has 4 rings (SSSR count). The van der Waals surface area contributed by atoms with E-state index in [-0.39, 0.29) is 44.5 Å². The maximum absolute atomic E-state index is 14.9. The van der Waals surface area contributed by atoms with E-state index in [0.717, 1.165) is 49.8 Å². The highest BCUT2D eigenvalue weighted by molar-refractivity contribution is 6.00. The van der Waals surface area contributed by atoms with Gasteiger partial charge in [0.15, 0.2) is 0 Å². The summed E-state index contributed by atoms with van der Waals surface area (Å²) in [5.74, 6) is -11.6. The molecular formula is C58H86N12O17. The van der Waals surface area contributed by atoms with Crippen molar-refractivity contribution in [3.05, 3.63) is 47.5 Å². The normalized spacial score (nSPS) is 22.1. The van der Waals surface area contributed by atoms with Crippen LogP contribution in [0.15, 0.2) is 36.4 Å². The summed E-state index contributed by atoms with van der Waals surface area (Å²) in [7, 11) is 4.22. The molecule has 2 aliphatic rings. The molecule has 2 fully saturated rings. The van der Waals surface area contributed by atoms with Crippen LogP contribution in [0, 0.1) is 0 Å². The van der Waals surface area contributed by atoms with Gasteiger partial charge in [-0.1, -0.05) is 76.8 Å². The number of hydrogen-bond donors (Lipinski definition) is 13. The highest BCUT2D eigenvalue weighted by atomic mass is 16.5. The van der Waals surface area contributed by atoms with Gasteiger partial charge in [-0.2, -0.15) is 0 Å². The average Bonchev–Trinajstić information content (AvgIpc) is 2.19. The van der Waals surface area contributed by atoms with Crippen molar-refractivity contribution < 1.29 is 82.0 Å². The van der Waals surface area contributed by atoms with Gasteiger partial charge in [0, 0.05) is 44.0 Å². The number of aliphatic hydroxyl groups is 1. The molecule has 29 nitrogen and oxygen atoms in total. The van der Waals surface area contributed by atoms with E-state index in [1.54, 1.807) is 12.1 Å². The molecule has 2 heterocycles. The Morgan fingerprint density at radius 1 is 0.598 bits per heavy atom. The summed E-state index contributed by atoms with van der Waals surface area (Å²) in [5.41, 5.74) is 17.4. The van der Waals surface area contributed by atoms with Gasteiger partial charge in [-0.05, 0) is 43.4 Å². The van der Waals surface area contributed by atoms with Gasteiger partial charge >= 0.3 is 0 Å². The minimum atomic E-state index is -1.91. The Kier molecular flexibility index (Phi) is 29.5. The molecule has 0 aromatic heterocycles. The van der Waals surface area contributed by atoms with Gasteiger partial charge in [0.25, 0.3) is 0 Å². The van der Waals surface area contributed by atoms with E-state index in [1.807, 2.05) is 0 Å². The number of nitrogens with zero attached hydrogens (tertiary/aromatic N) is 1. The number of nitrogens with one attached hydrogen (secondary N) is 8. The van der Waals surface area contributed by atoms with Crippen molar-refractivity contribution >= 4 is 70.9 Å². The van der Waals surface area contributed by atoms with Crippen LogP contribution in [0.5, 0.6) is 23.0 Å². The van der Waals surface area contributed by atoms with E-state index < -0.39 is 164 Å². The average molecular weight is 1220 g/mol. The molecule has 0 saturated carbocycles. The molecule has 2 aromatic carbocycles. The number of carbonyl (C=O) groups is 12. The lowest BCUT2D eigenvalue weighted by Gasteiger charge is -2.31. The van der Waals surface area contributed by atoms with Gasteiger partial charge in [0.05, 0.1) is 59.3 Å². The van der Waals surface area contributed by atoms with Crippen molar-refractivity contribution in [3.8, 4) is 23.0 Å². The fraction of sp³-hybridized carbons (Fsp3) is 0.586. The number of fused-ring (bicyclic) bond motifs is 1. The number of benzene rings is 2. The van der Waals surface area contributed by atoms with Crippen LogP contribution in [0.2, 0.25) is 0 Å². The molecular weight excluding hydrogens is 1140 g/mol. The summed E-state index contributed by atoms with van der Waals surface area (Å²) in [6, 6.07) is -4.54. The molecule has 2 aromatic rings. The first-order valence-corrected chi connectivity index (χ1v) is 29.2. The summed E-state index contributed by atoms with van der Waals surface area (Å²) in [4.78, 5) is 167. The zero-order valence-electron chi connectivity index (χ0n) is 49.8. The Balaban J connectivity index is 1.79. The number of unbranched alkanes of at least 4 members (excludes halogenated alkanes) is 8. The predicted molar refractivity (Wildman–Crippen MR) is 312 cm³/mol. The number of primary amides is 3. The van der Waals surface area contributed by atoms with E-state index in [1.165, 1.54) is 45.6 Å². The summed E-state index contributed by atoms with van der Waals surface area (Å²) < 4.78 is 16.3. The molecule has 2 aliphatic heterocycles. The number of aliphatic hydroxyl groups excluding tert-OH is 1. The molecule has 2 saturated heterocycles. The summed E-state index contributed by atoms with van der Waals surface area (Å²) >= 11 is 0. The summed E-state index contributed by atoms with van der Waals surface area (Å²) in [6.07, 6.45) is 4.27. The fourth-order valence-corrected chi connectivity index (χ4v) is 10.1. The van der Waals surface area contributed by atoms with Crippen LogP contribution in [0.25, 0.3) is 0 Å². The SMILES string of the molecule is CCCCCCCCCCC[C@@H]1CC(=O)N[C@@H](CC(N)=O)C(=O)N[C@H](Cc2ccc(O)cc2)C(=O)N[C@H](CC(N)=O)C(=O)N[C@@H](CCC(=O)NCc2c(OC)cc(OC)cc2OC)C(=O)N2CCC[C@H]2C(=O)N[C@H](CC(N)=O)C(=O)N[C@@H](CO)C(=O)N1. The van der Waals surface area contributed by atoms with Crippen molar-refractivity contribution in [3.63, 3.8) is 0 Å². The smallest absolute Gasteiger partial charge is 0.245 e. The lowest BCUT2D eigenvalue weighted by atomic mass is 10.0. The molecule has 0 aliphatic carbocycles. The number of ether oxygens (including phenoxy) is 3. The predicted octanol–water partition coefficient (Wildman–Crippen LogP) is -1.62. The van der Waals surface area contributed by atoms with E-state index >= 15 is 0 Å². The first-order chi connectivity index (χ1) is 41.5. The molecule has 0 bridgehead atoms. The second-order valence-electron chi connectivity index (χ2n) is 21.5. The Morgan fingerprint density at radius 3 is 1.61 bits per heavy atom. The Morgan fingerprint density at radius 2 is 1.08 bits per heavy atom. The van der Waals surface area contributed by atoms with Crippen LogP contribution >= 0.6 is 0 Å². The second-order valence-corrected chi connectivity index (χ2v) is 21.5. The Hall–Kier alpha value is -8.76. The zero-order chi connectivity index (χ0) is 64.2. The maximum Gasteiger partial charge on any atom is 0.245 e. The molecule has 87 heavy (non-hydrogen) atoms. The van der Waals surface area contributed by atoms with Gasteiger partial charge in [-0.3, -0.25) is 57.5 Å².